The van der Waals surface area contributed by atoms with Gasteiger partial charge >= 0.3 is 0 Å². The summed E-state index contributed by atoms with van der Waals surface area (Å²) in [7, 11) is 4.06. The van der Waals surface area contributed by atoms with Crippen LogP contribution in [-0.4, -0.2) is 24.9 Å². The van der Waals surface area contributed by atoms with E-state index in [1.54, 1.807) is 11.3 Å². The fourth-order valence-electron chi connectivity index (χ4n) is 2.27. The predicted molar refractivity (Wildman–Crippen MR) is 78.9 cm³/mol. The van der Waals surface area contributed by atoms with Crippen LogP contribution >= 0.6 is 11.3 Å². The third-order valence-electron chi connectivity index (χ3n) is 3.41. The Hall–Kier alpha value is -1.68. The van der Waals surface area contributed by atoms with Gasteiger partial charge in [-0.25, -0.2) is 4.98 Å². The van der Waals surface area contributed by atoms with E-state index in [0.29, 0.717) is 18.6 Å². The quantitative estimate of drug-likeness (QED) is 0.842. The number of carbonyl (C=O) groups is 1. The van der Waals surface area contributed by atoms with E-state index in [9.17, 15) is 4.79 Å². The maximum atomic E-state index is 11.5. The predicted octanol–water partition coefficient (Wildman–Crippen LogP) is 2.93. The zero-order valence-corrected chi connectivity index (χ0v) is 12.0. The summed E-state index contributed by atoms with van der Waals surface area (Å²) >= 11 is 1.66. The average Bonchev–Trinajstić information content (AvgIpc) is 2.81. The number of Topliss-reactive ketones (excluding diaryl/α,β-unsaturated/α-hetero) is 1. The van der Waals surface area contributed by atoms with Gasteiger partial charge in [-0.2, -0.15) is 0 Å². The van der Waals surface area contributed by atoms with Crippen LogP contribution in [0.2, 0.25) is 0 Å². The second kappa shape index (κ2) is 4.78. The van der Waals surface area contributed by atoms with Crippen LogP contribution in [0.25, 0.3) is 10.6 Å². The SMILES string of the molecule is CN(C)c1ccc(-c2nc3c(s2)CC(=O)CC3)cc1. The van der Waals surface area contributed by atoms with Crippen molar-refractivity contribution in [2.75, 3.05) is 19.0 Å². The molecular formula is C15H16N2OS. The van der Waals surface area contributed by atoms with Crippen molar-refractivity contribution in [1.82, 2.24) is 4.98 Å². The van der Waals surface area contributed by atoms with Crippen LogP contribution < -0.4 is 4.90 Å². The first-order chi connectivity index (χ1) is 9.13. The summed E-state index contributed by atoms with van der Waals surface area (Å²) in [5.41, 5.74) is 3.44. The maximum absolute atomic E-state index is 11.5. The third kappa shape index (κ3) is 2.40. The molecule has 0 radical (unpaired) electrons. The normalized spacial score (nSPS) is 14.3. The summed E-state index contributed by atoms with van der Waals surface area (Å²) < 4.78 is 0. The van der Waals surface area contributed by atoms with Gasteiger partial charge < -0.3 is 4.90 Å². The largest absolute Gasteiger partial charge is 0.378 e. The Morgan fingerprint density at radius 3 is 2.58 bits per heavy atom. The summed E-state index contributed by atoms with van der Waals surface area (Å²) in [5.74, 6) is 0.339. The molecule has 0 atom stereocenters. The van der Waals surface area contributed by atoms with Crippen molar-refractivity contribution in [3.8, 4) is 10.6 Å². The number of carbonyl (C=O) groups excluding carboxylic acids is 1. The van der Waals surface area contributed by atoms with Gasteiger partial charge in [0.2, 0.25) is 0 Å². The zero-order valence-electron chi connectivity index (χ0n) is 11.1. The van der Waals surface area contributed by atoms with Crippen molar-refractivity contribution in [3.63, 3.8) is 0 Å². The molecule has 0 aliphatic heterocycles. The highest BCUT2D eigenvalue weighted by Gasteiger charge is 2.20. The Morgan fingerprint density at radius 1 is 1.16 bits per heavy atom. The average molecular weight is 272 g/mol. The Kier molecular flexibility index (Phi) is 3.11. The first-order valence-electron chi connectivity index (χ1n) is 6.41. The molecule has 3 rings (SSSR count). The lowest BCUT2D eigenvalue weighted by Crippen LogP contribution is -2.11. The molecule has 3 nitrogen and oxygen atoms in total. The second-order valence-corrected chi connectivity index (χ2v) is 6.13. The molecule has 4 heteroatoms. The molecule has 0 fully saturated rings. The van der Waals surface area contributed by atoms with Crippen molar-refractivity contribution in [2.45, 2.75) is 19.3 Å². The molecule has 1 heterocycles. The number of benzene rings is 1. The highest BCUT2D eigenvalue weighted by molar-refractivity contribution is 7.15. The van der Waals surface area contributed by atoms with Gasteiger partial charge in [-0.3, -0.25) is 4.79 Å². The van der Waals surface area contributed by atoms with Gasteiger partial charge in [0.25, 0.3) is 0 Å². The molecule has 0 bridgehead atoms. The fourth-order valence-corrected chi connectivity index (χ4v) is 3.41. The number of rotatable bonds is 2. The van der Waals surface area contributed by atoms with E-state index < -0.39 is 0 Å². The molecule has 2 aromatic rings. The van der Waals surface area contributed by atoms with E-state index in [1.807, 2.05) is 14.1 Å². The van der Waals surface area contributed by atoms with Crippen molar-refractivity contribution in [2.24, 2.45) is 0 Å². The van der Waals surface area contributed by atoms with E-state index in [4.69, 9.17) is 0 Å². The molecule has 98 valence electrons. The van der Waals surface area contributed by atoms with E-state index in [0.717, 1.165) is 27.6 Å². The number of aromatic nitrogens is 1. The van der Waals surface area contributed by atoms with E-state index >= 15 is 0 Å². The summed E-state index contributed by atoms with van der Waals surface area (Å²) in [5, 5.41) is 1.03. The van der Waals surface area contributed by atoms with Crippen LogP contribution in [0.5, 0.6) is 0 Å². The van der Waals surface area contributed by atoms with E-state index in [2.05, 4.69) is 34.1 Å². The van der Waals surface area contributed by atoms with Crippen LogP contribution in [0.3, 0.4) is 0 Å². The summed E-state index contributed by atoms with van der Waals surface area (Å²) in [6.07, 6.45) is 2.03. The lowest BCUT2D eigenvalue weighted by Gasteiger charge is -2.11. The third-order valence-corrected chi connectivity index (χ3v) is 4.55. The Labute approximate surface area is 116 Å². The number of hydrogen-bond acceptors (Lipinski definition) is 4. The van der Waals surface area contributed by atoms with Crippen LogP contribution in [0.4, 0.5) is 5.69 Å². The lowest BCUT2D eigenvalue weighted by molar-refractivity contribution is -0.118. The second-order valence-electron chi connectivity index (χ2n) is 5.05. The molecule has 0 amide bonds. The number of aryl methyl sites for hydroxylation is 1. The van der Waals surface area contributed by atoms with Gasteiger partial charge in [-0.1, -0.05) is 0 Å². The number of nitrogens with zero attached hydrogens (tertiary/aromatic N) is 2. The topological polar surface area (TPSA) is 33.2 Å². The van der Waals surface area contributed by atoms with Crippen molar-refractivity contribution in [1.29, 1.82) is 0 Å². The molecule has 0 saturated heterocycles. The van der Waals surface area contributed by atoms with Gasteiger partial charge in [0.05, 0.1) is 5.69 Å². The molecule has 0 saturated carbocycles. The minimum Gasteiger partial charge on any atom is -0.378 e. The van der Waals surface area contributed by atoms with Crippen LogP contribution in [-0.2, 0) is 17.6 Å². The van der Waals surface area contributed by atoms with Crippen molar-refractivity contribution in [3.05, 3.63) is 34.8 Å². The smallest absolute Gasteiger partial charge is 0.138 e. The first kappa shape index (κ1) is 12.4. The highest BCUT2D eigenvalue weighted by Crippen LogP contribution is 2.32. The van der Waals surface area contributed by atoms with Gasteiger partial charge in [-0.05, 0) is 30.7 Å². The van der Waals surface area contributed by atoms with Gasteiger partial charge in [0.15, 0.2) is 0 Å². The van der Waals surface area contributed by atoms with Gasteiger partial charge in [0.1, 0.15) is 10.8 Å². The Balaban J connectivity index is 1.92. The van der Waals surface area contributed by atoms with Crippen LogP contribution in [0.1, 0.15) is 17.0 Å². The molecule has 1 aliphatic carbocycles. The van der Waals surface area contributed by atoms with Gasteiger partial charge in [-0.15, -0.1) is 11.3 Å². The minimum atomic E-state index is 0.339. The molecule has 0 unspecified atom stereocenters. The van der Waals surface area contributed by atoms with Gasteiger partial charge in [0, 0.05) is 43.1 Å². The minimum absolute atomic E-state index is 0.339. The molecule has 1 aromatic heterocycles. The fraction of sp³-hybridized carbons (Fsp3) is 0.333. The number of ketones is 1. The summed E-state index contributed by atoms with van der Waals surface area (Å²) in [6.45, 7) is 0. The number of fused-ring (bicyclic) bond motifs is 1. The zero-order chi connectivity index (χ0) is 13.4. The van der Waals surface area contributed by atoms with E-state index in [1.165, 1.54) is 5.69 Å². The summed E-state index contributed by atoms with van der Waals surface area (Å²) in [6, 6.07) is 8.39. The lowest BCUT2D eigenvalue weighted by atomic mass is 10.0. The molecule has 19 heavy (non-hydrogen) atoms. The van der Waals surface area contributed by atoms with E-state index in [-0.39, 0.29) is 0 Å². The highest BCUT2D eigenvalue weighted by atomic mass is 32.1. The van der Waals surface area contributed by atoms with Crippen LogP contribution in [0, 0.1) is 0 Å². The molecule has 0 spiro atoms. The Bertz CT molecular complexity index is 614. The standard InChI is InChI=1S/C15H16N2OS/c1-17(2)11-5-3-10(4-6-11)15-16-13-8-7-12(18)9-14(13)19-15/h3-6H,7-9H2,1-2H3. The van der Waals surface area contributed by atoms with Crippen LogP contribution in [0.15, 0.2) is 24.3 Å². The number of hydrogen-bond donors (Lipinski definition) is 0. The number of anilines is 1. The monoisotopic (exact) mass is 272 g/mol. The number of thiazole rings is 1. The van der Waals surface area contributed by atoms with Crippen molar-refractivity contribution < 1.29 is 4.79 Å². The molecule has 1 aliphatic rings. The molecular weight excluding hydrogens is 256 g/mol. The summed E-state index contributed by atoms with van der Waals surface area (Å²) in [4.78, 5) is 19.4. The Morgan fingerprint density at radius 2 is 1.89 bits per heavy atom. The molecule has 1 aromatic carbocycles. The van der Waals surface area contributed by atoms with Crippen molar-refractivity contribution >= 4 is 22.8 Å². The first-order valence-corrected chi connectivity index (χ1v) is 7.23. The molecule has 0 N–H and O–H groups in total. The maximum Gasteiger partial charge on any atom is 0.138 e.